The molecule has 94 valence electrons. The third kappa shape index (κ3) is 2.56. The van der Waals surface area contributed by atoms with Crippen molar-refractivity contribution in [3.05, 3.63) is 35.4 Å². The Morgan fingerprint density at radius 2 is 1.59 bits per heavy atom. The standard InChI is InChI=1S/C10H10F3NO3/c11-10(12,13)7-3-1-6(2-4-7)9(14,5-15)8(16)17/h1-4,15H,5,14H2,(H,16,17). The van der Waals surface area contributed by atoms with Crippen molar-refractivity contribution in [1.82, 2.24) is 0 Å². The van der Waals surface area contributed by atoms with Crippen LogP contribution in [-0.2, 0) is 16.5 Å². The van der Waals surface area contributed by atoms with E-state index in [1.54, 1.807) is 0 Å². The molecule has 17 heavy (non-hydrogen) atoms. The number of halogens is 3. The fourth-order valence-electron chi connectivity index (χ4n) is 1.24. The second kappa shape index (κ2) is 4.34. The number of carbonyl (C=O) groups is 1. The van der Waals surface area contributed by atoms with E-state index in [0.717, 1.165) is 24.3 Å². The molecule has 1 aromatic carbocycles. The molecule has 0 aromatic heterocycles. The summed E-state index contributed by atoms with van der Waals surface area (Å²) in [6.07, 6.45) is -4.50. The molecular weight excluding hydrogens is 239 g/mol. The van der Waals surface area contributed by atoms with Gasteiger partial charge in [-0.2, -0.15) is 13.2 Å². The lowest BCUT2D eigenvalue weighted by Gasteiger charge is -2.22. The van der Waals surface area contributed by atoms with E-state index in [0.29, 0.717) is 0 Å². The quantitative estimate of drug-likeness (QED) is 0.744. The first kappa shape index (κ1) is 13.5. The second-order valence-corrected chi connectivity index (χ2v) is 3.51. The van der Waals surface area contributed by atoms with Crippen molar-refractivity contribution >= 4 is 5.97 Å². The Morgan fingerprint density at radius 3 is 1.88 bits per heavy atom. The van der Waals surface area contributed by atoms with Gasteiger partial charge >= 0.3 is 12.1 Å². The summed E-state index contributed by atoms with van der Waals surface area (Å²) in [5.74, 6) is -1.51. The van der Waals surface area contributed by atoms with Crippen molar-refractivity contribution in [2.45, 2.75) is 11.7 Å². The molecular formula is C10H10F3NO3. The molecule has 1 rings (SSSR count). The normalized spacial score (nSPS) is 15.4. The van der Waals surface area contributed by atoms with Crippen molar-refractivity contribution in [3.8, 4) is 0 Å². The fourth-order valence-corrected chi connectivity index (χ4v) is 1.24. The minimum Gasteiger partial charge on any atom is -0.480 e. The Kier molecular flexibility index (Phi) is 3.44. The van der Waals surface area contributed by atoms with E-state index >= 15 is 0 Å². The number of hydrogen-bond acceptors (Lipinski definition) is 3. The predicted molar refractivity (Wildman–Crippen MR) is 52.0 cm³/mol. The van der Waals surface area contributed by atoms with E-state index in [1.165, 1.54) is 0 Å². The van der Waals surface area contributed by atoms with E-state index < -0.39 is 29.9 Å². The lowest BCUT2D eigenvalue weighted by molar-refractivity contribution is -0.145. The monoisotopic (exact) mass is 249 g/mol. The van der Waals surface area contributed by atoms with E-state index in [2.05, 4.69) is 0 Å². The number of aliphatic hydroxyl groups is 1. The molecule has 0 aliphatic rings. The van der Waals surface area contributed by atoms with Gasteiger partial charge < -0.3 is 15.9 Å². The van der Waals surface area contributed by atoms with Gasteiger partial charge in [0.2, 0.25) is 0 Å². The molecule has 0 amide bonds. The Bertz CT molecular complexity index is 416. The molecule has 1 aromatic rings. The Morgan fingerprint density at radius 1 is 1.18 bits per heavy atom. The maximum atomic E-state index is 12.3. The Labute approximate surface area is 94.5 Å². The van der Waals surface area contributed by atoms with Crippen LogP contribution in [0.15, 0.2) is 24.3 Å². The van der Waals surface area contributed by atoms with Crippen molar-refractivity contribution in [3.63, 3.8) is 0 Å². The summed E-state index contributed by atoms with van der Waals surface area (Å²) < 4.78 is 36.8. The molecule has 7 heteroatoms. The van der Waals surface area contributed by atoms with Crippen molar-refractivity contribution in [2.75, 3.05) is 6.61 Å². The van der Waals surface area contributed by atoms with Gasteiger partial charge in [0.05, 0.1) is 12.2 Å². The zero-order chi connectivity index (χ0) is 13.3. The van der Waals surface area contributed by atoms with Crippen LogP contribution in [0.2, 0.25) is 0 Å². The highest BCUT2D eigenvalue weighted by molar-refractivity contribution is 5.80. The summed E-state index contributed by atoms with van der Waals surface area (Å²) in [5.41, 5.74) is 2.29. The van der Waals surface area contributed by atoms with Gasteiger partial charge in [-0.3, -0.25) is 0 Å². The highest BCUT2D eigenvalue weighted by atomic mass is 19.4. The summed E-state index contributed by atoms with van der Waals surface area (Å²) in [5, 5.41) is 17.7. The number of carboxylic acid groups (broad SMARTS) is 1. The van der Waals surface area contributed by atoms with Gasteiger partial charge in [0.25, 0.3) is 0 Å². The zero-order valence-electron chi connectivity index (χ0n) is 8.53. The maximum Gasteiger partial charge on any atom is 0.416 e. The van der Waals surface area contributed by atoms with Gasteiger partial charge in [0, 0.05) is 0 Å². The molecule has 0 bridgehead atoms. The van der Waals surface area contributed by atoms with Gasteiger partial charge in [-0.05, 0) is 17.7 Å². The molecule has 4 nitrogen and oxygen atoms in total. The SMILES string of the molecule is NC(CO)(C(=O)O)c1ccc(C(F)(F)F)cc1. The smallest absolute Gasteiger partial charge is 0.416 e. The molecule has 0 aliphatic carbocycles. The third-order valence-corrected chi connectivity index (χ3v) is 2.36. The second-order valence-electron chi connectivity index (χ2n) is 3.51. The molecule has 0 saturated carbocycles. The highest BCUT2D eigenvalue weighted by Gasteiger charge is 2.36. The van der Waals surface area contributed by atoms with E-state index in [4.69, 9.17) is 15.9 Å². The number of hydrogen-bond donors (Lipinski definition) is 3. The predicted octanol–water partition coefficient (Wildman–Crippen LogP) is 0.936. The summed E-state index contributed by atoms with van der Waals surface area (Å²) in [6, 6.07) is 3.31. The summed E-state index contributed by atoms with van der Waals surface area (Å²) in [6.45, 7) is -0.909. The number of carboxylic acids is 1. The van der Waals surface area contributed by atoms with Gasteiger partial charge in [0.1, 0.15) is 0 Å². The van der Waals surface area contributed by atoms with Gasteiger partial charge in [-0.15, -0.1) is 0 Å². The maximum absolute atomic E-state index is 12.3. The minimum atomic E-state index is -4.50. The summed E-state index contributed by atoms with van der Waals surface area (Å²) in [4.78, 5) is 10.8. The van der Waals surface area contributed by atoms with E-state index in [9.17, 15) is 18.0 Å². The molecule has 0 radical (unpaired) electrons. The fraction of sp³-hybridized carbons (Fsp3) is 0.300. The molecule has 0 fully saturated rings. The van der Waals surface area contributed by atoms with Crippen LogP contribution in [0.5, 0.6) is 0 Å². The zero-order valence-corrected chi connectivity index (χ0v) is 8.53. The van der Waals surface area contributed by atoms with Gasteiger partial charge in [-0.1, -0.05) is 12.1 Å². The number of aliphatic hydroxyl groups excluding tert-OH is 1. The number of rotatable bonds is 3. The molecule has 0 saturated heterocycles. The molecule has 1 atom stereocenters. The number of aliphatic carboxylic acids is 1. The number of nitrogens with two attached hydrogens (primary N) is 1. The average molecular weight is 249 g/mol. The minimum absolute atomic E-state index is 0.0968. The molecule has 0 aliphatic heterocycles. The Balaban J connectivity index is 3.14. The van der Waals surface area contributed by atoms with E-state index in [1.807, 2.05) is 0 Å². The van der Waals surface area contributed by atoms with Crippen LogP contribution in [0.25, 0.3) is 0 Å². The third-order valence-electron chi connectivity index (χ3n) is 2.36. The first-order valence-corrected chi connectivity index (χ1v) is 4.52. The van der Waals surface area contributed by atoms with Crippen LogP contribution >= 0.6 is 0 Å². The van der Waals surface area contributed by atoms with Crippen LogP contribution in [0.3, 0.4) is 0 Å². The van der Waals surface area contributed by atoms with Crippen molar-refractivity contribution < 1.29 is 28.2 Å². The van der Waals surface area contributed by atoms with Crippen LogP contribution in [-0.4, -0.2) is 22.8 Å². The van der Waals surface area contributed by atoms with Gasteiger partial charge in [-0.25, -0.2) is 4.79 Å². The molecule has 0 spiro atoms. The average Bonchev–Trinajstić information content (AvgIpc) is 2.26. The first-order chi connectivity index (χ1) is 7.71. The van der Waals surface area contributed by atoms with Crippen LogP contribution in [0.4, 0.5) is 13.2 Å². The summed E-state index contributed by atoms with van der Waals surface area (Å²) >= 11 is 0. The van der Waals surface area contributed by atoms with Crippen LogP contribution in [0.1, 0.15) is 11.1 Å². The topological polar surface area (TPSA) is 83.5 Å². The summed E-state index contributed by atoms with van der Waals surface area (Å²) in [7, 11) is 0. The van der Waals surface area contributed by atoms with Crippen LogP contribution in [0, 0.1) is 0 Å². The first-order valence-electron chi connectivity index (χ1n) is 4.52. The Hall–Kier alpha value is -1.60. The molecule has 0 heterocycles. The lowest BCUT2D eigenvalue weighted by Crippen LogP contribution is -2.48. The van der Waals surface area contributed by atoms with Gasteiger partial charge in [0.15, 0.2) is 5.54 Å². The number of benzene rings is 1. The molecule has 1 unspecified atom stereocenters. The van der Waals surface area contributed by atoms with Crippen molar-refractivity contribution in [1.29, 1.82) is 0 Å². The molecule has 4 N–H and O–H groups in total. The van der Waals surface area contributed by atoms with Crippen LogP contribution < -0.4 is 5.73 Å². The lowest BCUT2D eigenvalue weighted by atomic mass is 9.91. The van der Waals surface area contributed by atoms with Crippen molar-refractivity contribution in [2.24, 2.45) is 5.73 Å². The highest BCUT2D eigenvalue weighted by Crippen LogP contribution is 2.30. The largest absolute Gasteiger partial charge is 0.480 e. The van der Waals surface area contributed by atoms with E-state index in [-0.39, 0.29) is 5.56 Å². The number of alkyl halides is 3.